The summed E-state index contributed by atoms with van der Waals surface area (Å²) in [5, 5.41) is 14.3. The van der Waals surface area contributed by atoms with Crippen LogP contribution in [0.5, 0.6) is 5.75 Å². The fourth-order valence-electron chi connectivity index (χ4n) is 3.93. The number of benzene rings is 2. The number of para-hydroxylation sites is 1. The van der Waals surface area contributed by atoms with Crippen molar-refractivity contribution in [2.45, 2.75) is 25.1 Å². The lowest BCUT2D eigenvalue weighted by Gasteiger charge is -2.32. The van der Waals surface area contributed by atoms with E-state index in [2.05, 4.69) is 22.4 Å². The summed E-state index contributed by atoms with van der Waals surface area (Å²) in [5.41, 5.74) is 5.12. The summed E-state index contributed by atoms with van der Waals surface area (Å²) < 4.78 is 10.6. The quantitative estimate of drug-likeness (QED) is 0.584. The molecular formula is C21H22N2O4. The molecule has 6 heteroatoms. The first-order valence-corrected chi connectivity index (χ1v) is 8.93. The number of aliphatic hydroxyl groups excluding tert-OH is 1. The molecule has 4 rings (SSSR count). The van der Waals surface area contributed by atoms with Crippen LogP contribution in [0.15, 0.2) is 42.5 Å². The molecule has 140 valence electrons. The van der Waals surface area contributed by atoms with Gasteiger partial charge in [-0.3, -0.25) is 10.1 Å². The monoisotopic (exact) mass is 366 g/mol. The Morgan fingerprint density at radius 1 is 1.26 bits per heavy atom. The van der Waals surface area contributed by atoms with Gasteiger partial charge in [-0.25, -0.2) is 0 Å². The average Bonchev–Trinajstić information content (AvgIpc) is 3.09. The number of hydrogen-bond donors (Lipinski definition) is 3. The van der Waals surface area contributed by atoms with E-state index in [9.17, 15) is 9.90 Å². The minimum Gasteiger partial charge on any atom is -0.496 e. The maximum Gasteiger partial charge on any atom is 0.293 e. The van der Waals surface area contributed by atoms with E-state index in [-0.39, 0.29) is 18.7 Å². The van der Waals surface area contributed by atoms with Crippen LogP contribution in [0.4, 0.5) is 0 Å². The Morgan fingerprint density at radius 3 is 2.89 bits per heavy atom. The van der Waals surface area contributed by atoms with Crippen molar-refractivity contribution in [3.05, 3.63) is 64.8 Å². The lowest BCUT2D eigenvalue weighted by atomic mass is 9.89. The maximum absolute atomic E-state index is 10.7. The van der Waals surface area contributed by atoms with Crippen LogP contribution in [0, 0.1) is 0 Å². The summed E-state index contributed by atoms with van der Waals surface area (Å²) in [5.74, 6) is 0.742. The van der Waals surface area contributed by atoms with E-state index in [1.54, 1.807) is 7.11 Å². The highest BCUT2D eigenvalue weighted by atomic mass is 16.5. The molecule has 0 radical (unpaired) electrons. The van der Waals surface area contributed by atoms with Crippen LogP contribution in [0.2, 0.25) is 0 Å². The van der Waals surface area contributed by atoms with Crippen molar-refractivity contribution >= 4 is 17.4 Å². The van der Waals surface area contributed by atoms with Gasteiger partial charge in [0.2, 0.25) is 0 Å². The van der Waals surface area contributed by atoms with Crippen LogP contribution in [-0.4, -0.2) is 36.3 Å². The Hall–Kier alpha value is -2.83. The molecule has 3 N–H and O–H groups in total. The minimum absolute atomic E-state index is 0.0191. The van der Waals surface area contributed by atoms with Gasteiger partial charge in [0, 0.05) is 28.2 Å². The molecule has 0 amide bonds. The predicted molar refractivity (Wildman–Crippen MR) is 102 cm³/mol. The molecular weight excluding hydrogens is 344 g/mol. The highest BCUT2D eigenvalue weighted by Crippen LogP contribution is 2.38. The molecule has 6 nitrogen and oxygen atoms in total. The highest BCUT2D eigenvalue weighted by molar-refractivity contribution is 5.85. The molecule has 2 aromatic carbocycles. The Labute approximate surface area is 157 Å². The molecule has 2 atom stereocenters. The lowest BCUT2D eigenvalue weighted by Crippen LogP contribution is -2.42. The van der Waals surface area contributed by atoms with Gasteiger partial charge >= 0.3 is 0 Å². The van der Waals surface area contributed by atoms with Crippen molar-refractivity contribution in [2.24, 2.45) is 0 Å². The molecule has 0 saturated carbocycles. The smallest absolute Gasteiger partial charge is 0.293 e. The van der Waals surface area contributed by atoms with Crippen molar-refractivity contribution in [1.82, 2.24) is 10.3 Å². The first-order chi connectivity index (χ1) is 13.2. The van der Waals surface area contributed by atoms with Crippen LogP contribution in [0.25, 0.3) is 10.9 Å². The van der Waals surface area contributed by atoms with Crippen LogP contribution in [0.1, 0.15) is 28.4 Å². The summed E-state index contributed by atoms with van der Waals surface area (Å²) in [7, 11) is 1.64. The molecule has 0 aliphatic carbocycles. The molecule has 0 fully saturated rings. The van der Waals surface area contributed by atoms with E-state index in [1.807, 2.05) is 30.3 Å². The van der Waals surface area contributed by atoms with E-state index in [0.717, 1.165) is 34.5 Å². The Morgan fingerprint density at radius 2 is 2.11 bits per heavy atom. The summed E-state index contributed by atoms with van der Waals surface area (Å²) in [6, 6.07) is 13.7. The molecule has 0 spiro atoms. The van der Waals surface area contributed by atoms with Crippen molar-refractivity contribution in [3.8, 4) is 5.75 Å². The van der Waals surface area contributed by atoms with Crippen molar-refractivity contribution in [1.29, 1.82) is 0 Å². The Kier molecular flexibility index (Phi) is 4.83. The normalized spacial score (nSPS) is 18.9. The van der Waals surface area contributed by atoms with Crippen LogP contribution in [-0.2, 0) is 22.6 Å². The number of methoxy groups -OCH3 is 1. The third kappa shape index (κ3) is 3.18. The van der Waals surface area contributed by atoms with Gasteiger partial charge in [-0.1, -0.05) is 24.3 Å². The van der Waals surface area contributed by atoms with Gasteiger partial charge in [0.1, 0.15) is 12.4 Å². The number of fused-ring (bicyclic) bond motifs is 3. The number of ether oxygens (including phenoxy) is 2. The van der Waals surface area contributed by atoms with Crippen molar-refractivity contribution < 1.29 is 19.4 Å². The van der Waals surface area contributed by atoms with Crippen LogP contribution in [0.3, 0.4) is 0 Å². The zero-order valence-electron chi connectivity index (χ0n) is 15.1. The summed E-state index contributed by atoms with van der Waals surface area (Å²) >= 11 is 0. The number of H-pyrrole nitrogens is 1. The zero-order chi connectivity index (χ0) is 18.8. The van der Waals surface area contributed by atoms with Gasteiger partial charge < -0.3 is 19.6 Å². The highest BCUT2D eigenvalue weighted by Gasteiger charge is 2.32. The van der Waals surface area contributed by atoms with Crippen LogP contribution < -0.4 is 10.1 Å². The zero-order valence-corrected chi connectivity index (χ0v) is 15.1. The maximum atomic E-state index is 10.7. The van der Waals surface area contributed by atoms with E-state index in [4.69, 9.17) is 9.47 Å². The molecule has 2 heterocycles. The summed E-state index contributed by atoms with van der Waals surface area (Å²) in [6.45, 7) is 0.732. The van der Waals surface area contributed by atoms with Gasteiger partial charge in [0.15, 0.2) is 0 Å². The van der Waals surface area contributed by atoms with E-state index < -0.39 is 0 Å². The number of aromatic nitrogens is 1. The summed E-state index contributed by atoms with van der Waals surface area (Å²) in [6.07, 6.45) is 0.756. The van der Waals surface area contributed by atoms with Gasteiger partial charge in [-0.2, -0.15) is 0 Å². The van der Waals surface area contributed by atoms with Crippen molar-refractivity contribution in [2.75, 3.05) is 13.7 Å². The topological polar surface area (TPSA) is 83.6 Å². The molecule has 1 aliphatic heterocycles. The van der Waals surface area contributed by atoms with E-state index in [1.165, 1.54) is 10.9 Å². The number of hydrogen-bond acceptors (Lipinski definition) is 5. The molecule has 1 aromatic heterocycles. The fourth-order valence-corrected chi connectivity index (χ4v) is 3.93. The number of carbonyl (C=O) groups excluding carboxylic acids is 1. The second kappa shape index (κ2) is 7.42. The average molecular weight is 366 g/mol. The third-order valence-corrected chi connectivity index (χ3v) is 5.14. The number of carbonyl (C=O) groups is 1. The number of aromatic amines is 1. The first-order valence-electron chi connectivity index (χ1n) is 8.93. The number of nitrogens with one attached hydrogen (secondary N) is 2. The van der Waals surface area contributed by atoms with Gasteiger partial charge in [0.05, 0.1) is 19.8 Å². The molecule has 27 heavy (non-hydrogen) atoms. The Bertz CT molecular complexity index is 966. The predicted octanol–water partition coefficient (Wildman–Crippen LogP) is 2.45. The number of rotatable bonds is 6. The summed E-state index contributed by atoms with van der Waals surface area (Å²) in [4.78, 5) is 14.2. The molecule has 1 aliphatic rings. The second-order valence-electron chi connectivity index (χ2n) is 6.73. The van der Waals surface area contributed by atoms with Gasteiger partial charge in [0.25, 0.3) is 6.47 Å². The minimum atomic E-state index is -0.164. The molecule has 0 saturated heterocycles. The molecule has 0 unspecified atom stereocenters. The molecule has 3 aromatic rings. The van der Waals surface area contributed by atoms with E-state index in [0.29, 0.717) is 13.1 Å². The Balaban J connectivity index is 1.86. The fraction of sp³-hybridized carbons (Fsp3) is 0.286. The van der Waals surface area contributed by atoms with Gasteiger partial charge in [-0.05, 0) is 35.7 Å². The molecule has 0 bridgehead atoms. The SMILES string of the molecule is COc1ccc(CO)cc1[C@@H]1N[C@@H](COC=O)Cc2c1[nH]c1ccccc21. The van der Waals surface area contributed by atoms with Crippen molar-refractivity contribution in [3.63, 3.8) is 0 Å². The van der Waals surface area contributed by atoms with Crippen LogP contribution >= 0.6 is 0 Å². The standard InChI is InChI=1S/C21H22N2O4/c1-26-19-7-6-13(10-24)8-17(19)21-20-16(9-14(22-21)11-27-12-25)15-4-2-3-5-18(15)23-20/h2-8,12,14,21-24H,9-11H2,1H3/t14-,21+/m1/s1. The second-order valence-corrected chi connectivity index (χ2v) is 6.73. The largest absolute Gasteiger partial charge is 0.496 e. The third-order valence-electron chi connectivity index (χ3n) is 5.14. The first kappa shape index (κ1) is 17.6. The van der Waals surface area contributed by atoms with E-state index >= 15 is 0 Å². The lowest BCUT2D eigenvalue weighted by molar-refractivity contribution is -0.129. The van der Waals surface area contributed by atoms with Gasteiger partial charge in [-0.15, -0.1) is 0 Å². The number of aliphatic hydroxyl groups is 1.